The number of alkyl halides is 3. The van der Waals surface area contributed by atoms with Crippen LogP contribution in [0.4, 0.5) is 13.2 Å². The molecule has 2 aliphatic heterocycles. The standard InChI is InChI=1S/C27H32F3N3O2/c1-19-5-4-14-33(18-19)23-12-15-32(16-13-23)26(35)21-10-8-20(9-11-21)25(34)31-17-22-6-2-3-7-24(22)27(28,29)30/h2-3,6-11,19,23H,4-5,12-18H2,1H3,(H,31,34). The molecule has 2 aliphatic rings. The highest BCUT2D eigenvalue weighted by molar-refractivity contribution is 5.97. The van der Waals surface area contributed by atoms with Crippen molar-refractivity contribution >= 4 is 11.8 Å². The van der Waals surface area contributed by atoms with E-state index < -0.39 is 17.6 Å². The second-order valence-electron chi connectivity index (χ2n) is 9.68. The maximum absolute atomic E-state index is 13.1. The number of rotatable bonds is 5. The topological polar surface area (TPSA) is 52.7 Å². The van der Waals surface area contributed by atoms with Crippen LogP contribution < -0.4 is 5.32 Å². The van der Waals surface area contributed by atoms with Gasteiger partial charge in [-0.3, -0.25) is 14.5 Å². The summed E-state index contributed by atoms with van der Waals surface area (Å²) in [6, 6.07) is 12.0. The highest BCUT2D eigenvalue weighted by Gasteiger charge is 2.33. The quantitative estimate of drug-likeness (QED) is 0.648. The fourth-order valence-corrected chi connectivity index (χ4v) is 5.17. The molecule has 0 bridgehead atoms. The number of piperidine rings is 2. The number of carbonyl (C=O) groups is 2. The molecule has 2 fully saturated rings. The van der Waals surface area contributed by atoms with E-state index in [9.17, 15) is 22.8 Å². The van der Waals surface area contributed by atoms with Crippen molar-refractivity contribution in [2.24, 2.45) is 5.92 Å². The van der Waals surface area contributed by atoms with E-state index in [1.807, 2.05) is 4.90 Å². The number of benzene rings is 2. The largest absolute Gasteiger partial charge is 0.416 e. The van der Waals surface area contributed by atoms with Gasteiger partial charge in [-0.15, -0.1) is 0 Å². The number of hydrogen-bond acceptors (Lipinski definition) is 3. The summed E-state index contributed by atoms with van der Waals surface area (Å²) < 4.78 is 39.4. The Morgan fingerprint density at radius 3 is 2.26 bits per heavy atom. The van der Waals surface area contributed by atoms with Crippen molar-refractivity contribution in [2.45, 2.75) is 51.4 Å². The maximum atomic E-state index is 13.1. The van der Waals surface area contributed by atoms with Crippen LogP contribution >= 0.6 is 0 Å². The predicted molar refractivity (Wildman–Crippen MR) is 128 cm³/mol. The normalized spacial score (nSPS) is 20.0. The van der Waals surface area contributed by atoms with E-state index in [1.54, 1.807) is 24.3 Å². The minimum absolute atomic E-state index is 0.00237. The number of nitrogens with one attached hydrogen (secondary N) is 1. The summed E-state index contributed by atoms with van der Waals surface area (Å²) in [5.41, 5.74) is 0.0420. The maximum Gasteiger partial charge on any atom is 0.416 e. The van der Waals surface area contributed by atoms with Gasteiger partial charge < -0.3 is 10.2 Å². The second kappa shape index (κ2) is 10.8. The van der Waals surface area contributed by atoms with Crippen LogP contribution in [-0.2, 0) is 12.7 Å². The van der Waals surface area contributed by atoms with Crippen molar-refractivity contribution in [3.63, 3.8) is 0 Å². The van der Waals surface area contributed by atoms with Crippen molar-refractivity contribution in [1.82, 2.24) is 15.1 Å². The molecule has 188 valence electrons. The molecule has 2 aromatic rings. The van der Waals surface area contributed by atoms with Crippen LogP contribution in [0.3, 0.4) is 0 Å². The van der Waals surface area contributed by atoms with E-state index in [4.69, 9.17) is 0 Å². The molecule has 0 aromatic heterocycles. The number of likely N-dealkylation sites (tertiary alicyclic amines) is 2. The summed E-state index contributed by atoms with van der Waals surface area (Å²) in [5, 5.41) is 2.54. The van der Waals surface area contributed by atoms with Crippen LogP contribution in [0.25, 0.3) is 0 Å². The fraction of sp³-hybridized carbons (Fsp3) is 0.481. The summed E-state index contributed by atoms with van der Waals surface area (Å²) in [7, 11) is 0. The van der Waals surface area contributed by atoms with Gasteiger partial charge in [-0.2, -0.15) is 13.2 Å². The molecule has 0 saturated carbocycles. The Labute approximate surface area is 204 Å². The van der Waals surface area contributed by atoms with Crippen LogP contribution in [0.5, 0.6) is 0 Å². The lowest BCUT2D eigenvalue weighted by molar-refractivity contribution is -0.138. The van der Waals surface area contributed by atoms with E-state index in [0.29, 0.717) is 17.2 Å². The smallest absolute Gasteiger partial charge is 0.348 e. The molecule has 2 heterocycles. The van der Waals surface area contributed by atoms with Crippen LogP contribution in [0.15, 0.2) is 48.5 Å². The van der Waals surface area contributed by atoms with Gasteiger partial charge in [-0.05, 0) is 74.0 Å². The minimum atomic E-state index is -4.48. The summed E-state index contributed by atoms with van der Waals surface area (Å²) in [6.45, 7) is 5.79. The Kier molecular flexibility index (Phi) is 7.79. The summed E-state index contributed by atoms with van der Waals surface area (Å²) in [4.78, 5) is 29.9. The Balaban J connectivity index is 1.30. The van der Waals surface area contributed by atoms with E-state index in [1.165, 1.54) is 31.0 Å². The molecule has 35 heavy (non-hydrogen) atoms. The van der Waals surface area contributed by atoms with E-state index >= 15 is 0 Å². The van der Waals surface area contributed by atoms with Gasteiger partial charge in [0.2, 0.25) is 0 Å². The zero-order valence-electron chi connectivity index (χ0n) is 20.0. The number of carbonyl (C=O) groups excluding carboxylic acids is 2. The predicted octanol–water partition coefficient (Wildman–Crippen LogP) is 4.97. The minimum Gasteiger partial charge on any atom is -0.348 e. The molecule has 2 amide bonds. The molecule has 4 rings (SSSR count). The van der Waals surface area contributed by atoms with Crippen molar-refractivity contribution in [3.05, 3.63) is 70.8 Å². The summed E-state index contributed by atoms with van der Waals surface area (Å²) >= 11 is 0. The van der Waals surface area contributed by atoms with Crippen LogP contribution in [0.2, 0.25) is 0 Å². The zero-order valence-corrected chi connectivity index (χ0v) is 20.0. The van der Waals surface area contributed by atoms with Gasteiger partial charge in [0.05, 0.1) is 5.56 Å². The van der Waals surface area contributed by atoms with Crippen molar-refractivity contribution < 1.29 is 22.8 Å². The van der Waals surface area contributed by atoms with Gasteiger partial charge >= 0.3 is 6.18 Å². The van der Waals surface area contributed by atoms with E-state index in [2.05, 4.69) is 17.1 Å². The first-order valence-electron chi connectivity index (χ1n) is 12.3. The van der Waals surface area contributed by atoms with E-state index in [-0.39, 0.29) is 18.0 Å². The average Bonchev–Trinajstić information content (AvgIpc) is 2.86. The molecular weight excluding hydrogens is 455 g/mol. The molecule has 2 saturated heterocycles. The monoisotopic (exact) mass is 487 g/mol. The lowest BCUT2D eigenvalue weighted by Gasteiger charge is -2.41. The lowest BCUT2D eigenvalue weighted by Crippen LogP contribution is -2.49. The second-order valence-corrected chi connectivity index (χ2v) is 9.68. The molecule has 2 aromatic carbocycles. The van der Waals surface area contributed by atoms with Gasteiger partial charge in [0.25, 0.3) is 11.8 Å². The highest BCUT2D eigenvalue weighted by Crippen LogP contribution is 2.31. The molecule has 5 nitrogen and oxygen atoms in total. The van der Waals surface area contributed by atoms with Crippen LogP contribution in [0.1, 0.15) is 64.4 Å². The van der Waals surface area contributed by atoms with Crippen LogP contribution in [-0.4, -0.2) is 53.8 Å². The lowest BCUT2D eigenvalue weighted by atomic mass is 9.95. The van der Waals surface area contributed by atoms with Crippen molar-refractivity contribution in [1.29, 1.82) is 0 Å². The molecule has 8 heteroatoms. The third-order valence-corrected chi connectivity index (χ3v) is 7.11. The molecule has 1 unspecified atom stereocenters. The number of nitrogens with zero attached hydrogens (tertiary/aromatic N) is 2. The molecule has 1 atom stereocenters. The Morgan fingerprint density at radius 1 is 0.943 bits per heavy atom. The first kappa shape index (κ1) is 25.2. The molecular formula is C27H32F3N3O2. The molecule has 0 aliphatic carbocycles. The Morgan fingerprint density at radius 2 is 1.60 bits per heavy atom. The molecule has 0 radical (unpaired) electrons. The van der Waals surface area contributed by atoms with Crippen LogP contribution in [0, 0.1) is 5.92 Å². The van der Waals surface area contributed by atoms with Crippen molar-refractivity contribution in [3.8, 4) is 0 Å². The average molecular weight is 488 g/mol. The number of amides is 2. The van der Waals surface area contributed by atoms with Gasteiger partial charge in [0.1, 0.15) is 0 Å². The first-order chi connectivity index (χ1) is 16.7. The fourth-order valence-electron chi connectivity index (χ4n) is 5.17. The van der Waals surface area contributed by atoms with Gasteiger partial charge in [-0.25, -0.2) is 0 Å². The first-order valence-corrected chi connectivity index (χ1v) is 12.3. The van der Waals surface area contributed by atoms with Gasteiger partial charge in [0, 0.05) is 43.3 Å². The molecule has 1 N–H and O–H groups in total. The molecule has 0 spiro atoms. The SMILES string of the molecule is CC1CCCN(C2CCN(C(=O)c3ccc(C(=O)NCc4ccccc4C(F)(F)F)cc3)CC2)C1. The van der Waals surface area contributed by atoms with Gasteiger partial charge in [-0.1, -0.05) is 25.1 Å². The Bertz CT molecular complexity index is 1030. The summed E-state index contributed by atoms with van der Waals surface area (Å²) in [5.74, 6) is 0.192. The van der Waals surface area contributed by atoms with E-state index in [0.717, 1.165) is 51.0 Å². The Hall–Kier alpha value is -2.87. The van der Waals surface area contributed by atoms with Crippen molar-refractivity contribution in [2.75, 3.05) is 26.2 Å². The third-order valence-electron chi connectivity index (χ3n) is 7.11. The highest BCUT2D eigenvalue weighted by atomic mass is 19.4. The number of hydrogen-bond donors (Lipinski definition) is 1. The zero-order chi connectivity index (χ0) is 25.0. The summed E-state index contributed by atoms with van der Waals surface area (Å²) in [6.07, 6.45) is -0.00151. The third kappa shape index (κ3) is 6.23. The van der Waals surface area contributed by atoms with Gasteiger partial charge in [0.15, 0.2) is 0 Å². The number of halogens is 3.